The predicted octanol–water partition coefficient (Wildman–Crippen LogP) is 5.17. The Balaban J connectivity index is 1.44. The first-order valence-electron chi connectivity index (χ1n) is 9.87. The number of aromatic nitrogens is 1. The summed E-state index contributed by atoms with van der Waals surface area (Å²) in [7, 11) is 1.58. The molecule has 0 fully saturated rings. The molecule has 32 heavy (non-hydrogen) atoms. The summed E-state index contributed by atoms with van der Waals surface area (Å²) < 4.78 is 12.1. The maximum atomic E-state index is 12.3. The predicted molar refractivity (Wildman–Crippen MR) is 133 cm³/mol. The van der Waals surface area contributed by atoms with Crippen LogP contribution in [0.2, 0.25) is 0 Å². The highest BCUT2D eigenvalue weighted by atomic mass is 32.1. The van der Waals surface area contributed by atoms with Crippen molar-refractivity contribution in [2.24, 2.45) is 0 Å². The van der Waals surface area contributed by atoms with Crippen LogP contribution in [0.5, 0.6) is 11.5 Å². The van der Waals surface area contributed by atoms with Gasteiger partial charge >= 0.3 is 0 Å². The van der Waals surface area contributed by atoms with E-state index < -0.39 is 0 Å². The number of aryl methyl sites for hydroxylation is 1. The Bertz CT molecular complexity index is 1250. The molecule has 0 bridgehead atoms. The van der Waals surface area contributed by atoms with Gasteiger partial charge in [0, 0.05) is 5.56 Å². The first kappa shape index (κ1) is 21.7. The van der Waals surface area contributed by atoms with Crippen LogP contribution in [0.15, 0.2) is 66.7 Å². The van der Waals surface area contributed by atoms with Gasteiger partial charge in [-0.25, -0.2) is 4.98 Å². The van der Waals surface area contributed by atoms with Crippen LogP contribution in [0.1, 0.15) is 5.56 Å². The van der Waals surface area contributed by atoms with E-state index in [1.165, 1.54) is 0 Å². The van der Waals surface area contributed by atoms with E-state index in [-0.39, 0.29) is 17.6 Å². The number of thiazole rings is 1. The molecular weight excluding hydrogens is 442 g/mol. The topological polar surface area (TPSA) is 72.5 Å². The van der Waals surface area contributed by atoms with Crippen molar-refractivity contribution in [3.8, 4) is 22.1 Å². The normalized spacial score (nSPS) is 10.6. The number of anilines is 1. The number of para-hydroxylation sites is 2. The molecular formula is C24H21N3O3S2. The maximum absolute atomic E-state index is 12.3. The highest BCUT2D eigenvalue weighted by molar-refractivity contribution is 7.80. The van der Waals surface area contributed by atoms with Crippen molar-refractivity contribution in [3.63, 3.8) is 0 Å². The van der Waals surface area contributed by atoms with Gasteiger partial charge in [-0.05, 0) is 61.1 Å². The van der Waals surface area contributed by atoms with Crippen LogP contribution in [0.4, 0.5) is 5.69 Å². The number of amides is 1. The number of ether oxygens (including phenoxy) is 2. The second kappa shape index (κ2) is 9.76. The van der Waals surface area contributed by atoms with Gasteiger partial charge in [-0.2, -0.15) is 0 Å². The van der Waals surface area contributed by atoms with Gasteiger partial charge in [-0.15, -0.1) is 11.3 Å². The van der Waals surface area contributed by atoms with E-state index >= 15 is 0 Å². The number of benzene rings is 3. The van der Waals surface area contributed by atoms with E-state index in [0.29, 0.717) is 17.2 Å². The van der Waals surface area contributed by atoms with E-state index in [2.05, 4.69) is 10.6 Å². The molecule has 0 saturated carbocycles. The molecule has 2 N–H and O–H groups in total. The van der Waals surface area contributed by atoms with Gasteiger partial charge in [0.15, 0.2) is 11.7 Å². The molecule has 3 aromatic carbocycles. The SMILES string of the molecule is COc1ccc(-c2nc3ccccc3s2)cc1NC(=S)NC(=O)COc1ccccc1C. The van der Waals surface area contributed by atoms with Gasteiger partial charge in [0.1, 0.15) is 16.5 Å². The van der Waals surface area contributed by atoms with E-state index in [1.807, 2.05) is 73.7 Å². The molecule has 0 aliphatic carbocycles. The van der Waals surface area contributed by atoms with Gasteiger partial charge in [0.25, 0.3) is 5.91 Å². The van der Waals surface area contributed by atoms with Gasteiger partial charge < -0.3 is 14.8 Å². The third-order valence-electron chi connectivity index (χ3n) is 4.69. The van der Waals surface area contributed by atoms with E-state index in [0.717, 1.165) is 26.4 Å². The quantitative estimate of drug-likeness (QED) is 0.384. The summed E-state index contributed by atoms with van der Waals surface area (Å²) in [5.74, 6) is 0.904. The summed E-state index contributed by atoms with van der Waals surface area (Å²) in [6.07, 6.45) is 0. The fourth-order valence-corrected chi connectivity index (χ4v) is 4.30. The highest BCUT2D eigenvalue weighted by Gasteiger charge is 2.13. The molecule has 8 heteroatoms. The van der Waals surface area contributed by atoms with Crippen LogP contribution < -0.4 is 20.1 Å². The third-order valence-corrected chi connectivity index (χ3v) is 5.98. The van der Waals surface area contributed by atoms with Gasteiger partial charge in [0.05, 0.1) is 23.0 Å². The van der Waals surface area contributed by atoms with Gasteiger partial charge in [-0.3, -0.25) is 10.1 Å². The number of carbonyl (C=O) groups is 1. The minimum atomic E-state index is -0.355. The number of carbonyl (C=O) groups excluding carboxylic acids is 1. The van der Waals surface area contributed by atoms with Crippen LogP contribution >= 0.6 is 23.6 Å². The average molecular weight is 464 g/mol. The zero-order chi connectivity index (χ0) is 22.5. The maximum Gasteiger partial charge on any atom is 0.264 e. The zero-order valence-electron chi connectivity index (χ0n) is 17.5. The van der Waals surface area contributed by atoms with Crippen LogP contribution in [-0.2, 0) is 4.79 Å². The fourth-order valence-electron chi connectivity index (χ4n) is 3.11. The first-order chi connectivity index (χ1) is 15.5. The summed E-state index contributed by atoms with van der Waals surface area (Å²) in [5, 5.41) is 6.72. The lowest BCUT2D eigenvalue weighted by molar-refractivity contribution is -0.121. The van der Waals surface area contributed by atoms with Crippen molar-refractivity contribution in [3.05, 3.63) is 72.3 Å². The molecule has 0 spiro atoms. The molecule has 6 nitrogen and oxygen atoms in total. The molecule has 0 unspecified atom stereocenters. The monoisotopic (exact) mass is 463 g/mol. The Morgan fingerprint density at radius 3 is 2.62 bits per heavy atom. The molecule has 4 aromatic rings. The van der Waals surface area contributed by atoms with Crippen LogP contribution in [0.3, 0.4) is 0 Å². The lowest BCUT2D eigenvalue weighted by Gasteiger charge is -2.14. The number of nitrogens with one attached hydrogen (secondary N) is 2. The standard InChI is InChI=1S/C24H21N3O3S2/c1-15-7-3-5-9-19(15)30-14-22(28)27-24(31)26-18-13-16(11-12-20(18)29-2)23-25-17-8-4-6-10-21(17)32-23/h3-13H,14H2,1-2H3,(H2,26,27,28,31). The number of hydrogen-bond donors (Lipinski definition) is 2. The number of thiocarbonyl (C=S) groups is 1. The Morgan fingerprint density at radius 2 is 1.84 bits per heavy atom. The second-order valence-corrected chi connectivity index (χ2v) is 8.40. The highest BCUT2D eigenvalue weighted by Crippen LogP contribution is 2.34. The molecule has 4 rings (SSSR count). The van der Waals surface area contributed by atoms with E-state index in [1.54, 1.807) is 18.4 Å². The van der Waals surface area contributed by atoms with Crippen molar-refractivity contribution in [1.82, 2.24) is 10.3 Å². The van der Waals surface area contributed by atoms with E-state index in [9.17, 15) is 4.79 Å². The minimum absolute atomic E-state index is 0.143. The molecule has 0 aliphatic heterocycles. The van der Waals surface area contributed by atoms with Crippen molar-refractivity contribution in [2.45, 2.75) is 6.92 Å². The van der Waals surface area contributed by atoms with Crippen LogP contribution in [0, 0.1) is 6.92 Å². The molecule has 0 radical (unpaired) electrons. The Hall–Kier alpha value is -3.49. The Labute approximate surface area is 195 Å². The van der Waals surface area contributed by atoms with Gasteiger partial charge in [0.2, 0.25) is 0 Å². The molecule has 1 amide bonds. The Morgan fingerprint density at radius 1 is 1.06 bits per heavy atom. The average Bonchev–Trinajstić information content (AvgIpc) is 3.23. The molecule has 1 heterocycles. The smallest absolute Gasteiger partial charge is 0.264 e. The van der Waals surface area contributed by atoms with Crippen LogP contribution in [0.25, 0.3) is 20.8 Å². The number of hydrogen-bond acceptors (Lipinski definition) is 6. The molecule has 0 saturated heterocycles. The molecule has 162 valence electrons. The van der Waals surface area contributed by atoms with Gasteiger partial charge in [-0.1, -0.05) is 30.3 Å². The second-order valence-electron chi connectivity index (χ2n) is 6.96. The van der Waals surface area contributed by atoms with Crippen molar-refractivity contribution in [1.29, 1.82) is 0 Å². The molecule has 0 aliphatic rings. The minimum Gasteiger partial charge on any atom is -0.495 e. The van der Waals surface area contributed by atoms with Crippen molar-refractivity contribution in [2.75, 3.05) is 19.0 Å². The van der Waals surface area contributed by atoms with Crippen molar-refractivity contribution < 1.29 is 14.3 Å². The summed E-state index contributed by atoms with van der Waals surface area (Å²) in [6.45, 7) is 1.78. The third kappa shape index (κ3) is 5.04. The lowest BCUT2D eigenvalue weighted by atomic mass is 10.2. The number of methoxy groups -OCH3 is 1. The summed E-state index contributed by atoms with van der Waals surface area (Å²) in [4.78, 5) is 17.0. The van der Waals surface area contributed by atoms with Crippen molar-refractivity contribution >= 4 is 50.5 Å². The summed E-state index contributed by atoms with van der Waals surface area (Å²) in [5.41, 5.74) is 3.47. The number of rotatable bonds is 6. The number of nitrogens with zero attached hydrogens (tertiary/aromatic N) is 1. The van der Waals surface area contributed by atoms with E-state index in [4.69, 9.17) is 26.7 Å². The largest absolute Gasteiger partial charge is 0.495 e. The molecule has 1 aromatic heterocycles. The van der Waals surface area contributed by atoms with Crippen LogP contribution in [-0.4, -0.2) is 29.7 Å². The first-order valence-corrected chi connectivity index (χ1v) is 11.1. The summed E-state index contributed by atoms with van der Waals surface area (Å²) >= 11 is 6.93. The fraction of sp³-hybridized carbons (Fsp3) is 0.125. The summed E-state index contributed by atoms with van der Waals surface area (Å²) in [6, 6.07) is 21.2. The zero-order valence-corrected chi connectivity index (χ0v) is 19.2. The number of fused-ring (bicyclic) bond motifs is 1. The molecule has 0 atom stereocenters. The Kier molecular flexibility index (Phi) is 6.63. The lowest BCUT2D eigenvalue weighted by Crippen LogP contribution is -2.37.